The number of hydrogen-bond donors (Lipinski definition) is 0. The van der Waals surface area contributed by atoms with Gasteiger partial charge in [0.1, 0.15) is 11.1 Å². The van der Waals surface area contributed by atoms with Gasteiger partial charge in [-0.05, 0) is 35.9 Å². The molecule has 5 heteroatoms. The lowest BCUT2D eigenvalue weighted by Gasteiger charge is -1.97. The van der Waals surface area contributed by atoms with Crippen LogP contribution in [0.4, 0.5) is 0 Å². The third-order valence-corrected chi connectivity index (χ3v) is 4.10. The number of nitrogens with zero attached hydrogens (tertiary/aromatic N) is 3. The number of hydrogen-bond acceptors (Lipinski definition) is 4. The van der Waals surface area contributed by atoms with Crippen LogP contribution in [0.25, 0.3) is 22.9 Å². The van der Waals surface area contributed by atoms with Gasteiger partial charge in [0.25, 0.3) is 0 Å². The van der Waals surface area contributed by atoms with Gasteiger partial charge in [0.05, 0.1) is 11.3 Å². The summed E-state index contributed by atoms with van der Waals surface area (Å²) >= 11 is 7.42. The first-order valence-electron chi connectivity index (χ1n) is 6.50. The maximum Gasteiger partial charge on any atom is 0.134 e. The molecule has 0 bridgehead atoms. The van der Waals surface area contributed by atoms with Gasteiger partial charge in [-0.15, -0.1) is 11.3 Å². The Morgan fingerprint density at radius 3 is 2.77 bits per heavy atom. The first-order chi connectivity index (χ1) is 10.8. The Balaban J connectivity index is 1.96. The summed E-state index contributed by atoms with van der Waals surface area (Å²) in [7, 11) is 0. The molecule has 0 spiro atoms. The minimum Gasteiger partial charge on any atom is -0.265 e. The van der Waals surface area contributed by atoms with Crippen molar-refractivity contribution in [2.24, 2.45) is 0 Å². The van der Waals surface area contributed by atoms with Gasteiger partial charge in [0.2, 0.25) is 0 Å². The molecule has 0 radical (unpaired) electrons. The van der Waals surface area contributed by atoms with E-state index in [2.05, 4.69) is 16.0 Å². The Morgan fingerprint density at radius 2 is 2.05 bits per heavy atom. The van der Waals surface area contributed by atoms with E-state index in [9.17, 15) is 5.26 Å². The highest BCUT2D eigenvalue weighted by molar-refractivity contribution is 7.11. The van der Waals surface area contributed by atoms with E-state index in [-0.39, 0.29) is 0 Å². The van der Waals surface area contributed by atoms with Gasteiger partial charge in [0.15, 0.2) is 0 Å². The molecule has 0 amide bonds. The molecule has 0 unspecified atom stereocenters. The number of halogens is 1. The molecule has 0 atom stereocenters. The van der Waals surface area contributed by atoms with Crippen molar-refractivity contribution in [3.63, 3.8) is 0 Å². The molecule has 1 aromatic carbocycles. The molecule has 2 heterocycles. The summed E-state index contributed by atoms with van der Waals surface area (Å²) in [6.45, 7) is 0. The summed E-state index contributed by atoms with van der Waals surface area (Å²) in [5.41, 5.74) is 3.23. The quantitative estimate of drug-likeness (QED) is 0.642. The average molecular weight is 324 g/mol. The first-order valence-corrected chi connectivity index (χ1v) is 7.76. The highest BCUT2D eigenvalue weighted by Crippen LogP contribution is 2.27. The number of allylic oxidation sites excluding steroid dienone is 1. The zero-order valence-electron chi connectivity index (χ0n) is 11.4. The minimum absolute atomic E-state index is 0.521. The molecule has 0 aliphatic carbocycles. The molecule has 3 nitrogen and oxygen atoms in total. The summed E-state index contributed by atoms with van der Waals surface area (Å²) in [6, 6.07) is 13.4. The molecule has 22 heavy (non-hydrogen) atoms. The highest BCUT2D eigenvalue weighted by atomic mass is 35.5. The lowest BCUT2D eigenvalue weighted by molar-refractivity contribution is 1.31. The Hall–Kier alpha value is -2.48. The molecule has 0 aliphatic heterocycles. The summed E-state index contributed by atoms with van der Waals surface area (Å²) in [5, 5.41) is 12.7. The van der Waals surface area contributed by atoms with Gasteiger partial charge >= 0.3 is 0 Å². The largest absolute Gasteiger partial charge is 0.265 e. The molecule has 0 N–H and O–H groups in total. The van der Waals surface area contributed by atoms with Gasteiger partial charge in [-0.1, -0.05) is 23.7 Å². The predicted octanol–water partition coefficient (Wildman–Crippen LogP) is 4.92. The van der Waals surface area contributed by atoms with Crippen LogP contribution in [-0.4, -0.2) is 9.97 Å². The van der Waals surface area contributed by atoms with E-state index in [0.717, 1.165) is 16.8 Å². The molecular formula is C17H10ClN3S. The third-order valence-electron chi connectivity index (χ3n) is 2.99. The smallest absolute Gasteiger partial charge is 0.134 e. The molecule has 3 rings (SSSR count). The van der Waals surface area contributed by atoms with Crippen molar-refractivity contribution in [3.8, 4) is 17.3 Å². The molecule has 106 valence electrons. The van der Waals surface area contributed by atoms with Crippen molar-refractivity contribution in [2.45, 2.75) is 0 Å². The summed E-state index contributed by atoms with van der Waals surface area (Å²) in [4.78, 5) is 8.53. The number of thiazole rings is 1. The molecule has 0 aliphatic rings. The third kappa shape index (κ3) is 3.22. The molecule has 0 saturated heterocycles. The average Bonchev–Trinajstić information content (AvgIpc) is 3.03. The van der Waals surface area contributed by atoms with Crippen molar-refractivity contribution < 1.29 is 0 Å². The monoisotopic (exact) mass is 323 g/mol. The normalized spacial score (nSPS) is 11.2. The second-order valence-electron chi connectivity index (χ2n) is 4.50. The number of pyridine rings is 1. The van der Waals surface area contributed by atoms with Crippen LogP contribution >= 0.6 is 22.9 Å². The van der Waals surface area contributed by atoms with E-state index < -0.39 is 0 Å². The Kier molecular flexibility index (Phi) is 4.29. The van der Waals surface area contributed by atoms with Crippen LogP contribution in [0, 0.1) is 11.3 Å². The molecule has 0 saturated carbocycles. The fourth-order valence-electron chi connectivity index (χ4n) is 1.96. The van der Waals surface area contributed by atoms with Crippen LogP contribution in [-0.2, 0) is 0 Å². The van der Waals surface area contributed by atoms with Crippen LogP contribution in [0.1, 0.15) is 10.6 Å². The van der Waals surface area contributed by atoms with Gasteiger partial charge in [-0.2, -0.15) is 5.26 Å². The zero-order valence-corrected chi connectivity index (χ0v) is 13.0. The summed E-state index contributed by atoms with van der Waals surface area (Å²) < 4.78 is 0. The van der Waals surface area contributed by atoms with Crippen LogP contribution in [0.2, 0.25) is 5.02 Å². The first kappa shape index (κ1) is 14.5. The SMILES string of the molecule is N#C/C(=C/c1cccc(Cl)c1)c1nc(-c2ccncc2)cs1. The summed E-state index contributed by atoms with van der Waals surface area (Å²) in [5.74, 6) is 0. The van der Waals surface area contributed by atoms with Crippen LogP contribution in [0.5, 0.6) is 0 Å². The van der Waals surface area contributed by atoms with E-state index in [0.29, 0.717) is 15.6 Å². The van der Waals surface area contributed by atoms with E-state index in [1.807, 2.05) is 35.7 Å². The molecule has 2 aromatic heterocycles. The van der Waals surface area contributed by atoms with E-state index in [4.69, 9.17) is 11.6 Å². The van der Waals surface area contributed by atoms with E-state index in [1.54, 1.807) is 24.5 Å². The van der Waals surface area contributed by atoms with Gasteiger partial charge in [-0.3, -0.25) is 4.98 Å². The van der Waals surface area contributed by atoms with Crippen LogP contribution < -0.4 is 0 Å². The second-order valence-corrected chi connectivity index (χ2v) is 5.79. The van der Waals surface area contributed by atoms with Crippen molar-refractivity contribution in [1.29, 1.82) is 5.26 Å². The lowest BCUT2D eigenvalue weighted by Crippen LogP contribution is -1.83. The fraction of sp³-hybridized carbons (Fsp3) is 0. The number of benzene rings is 1. The van der Waals surface area contributed by atoms with Crippen molar-refractivity contribution >= 4 is 34.6 Å². The van der Waals surface area contributed by atoms with Gasteiger partial charge in [-0.25, -0.2) is 4.98 Å². The van der Waals surface area contributed by atoms with Crippen molar-refractivity contribution in [1.82, 2.24) is 9.97 Å². The molecular weight excluding hydrogens is 314 g/mol. The van der Waals surface area contributed by atoms with Gasteiger partial charge < -0.3 is 0 Å². The Bertz CT molecular complexity index is 863. The van der Waals surface area contributed by atoms with Gasteiger partial charge in [0, 0.05) is 28.4 Å². The Morgan fingerprint density at radius 1 is 1.23 bits per heavy atom. The maximum absolute atomic E-state index is 9.40. The molecule has 0 fully saturated rings. The number of nitriles is 1. The van der Waals surface area contributed by atoms with E-state index >= 15 is 0 Å². The lowest BCUT2D eigenvalue weighted by atomic mass is 10.1. The predicted molar refractivity (Wildman–Crippen MR) is 90.3 cm³/mol. The zero-order chi connectivity index (χ0) is 15.4. The minimum atomic E-state index is 0.521. The molecule has 3 aromatic rings. The van der Waals surface area contributed by atoms with Crippen molar-refractivity contribution in [2.75, 3.05) is 0 Å². The van der Waals surface area contributed by atoms with Crippen molar-refractivity contribution in [3.05, 3.63) is 69.8 Å². The number of aromatic nitrogens is 2. The number of rotatable bonds is 3. The summed E-state index contributed by atoms with van der Waals surface area (Å²) in [6.07, 6.45) is 5.24. The van der Waals surface area contributed by atoms with Crippen LogP contribution in [0.3, 0.4) is 0 Å². The fourth-order valence-corrected chi connectivity index (χ4v) is 2.95. The van der Waals surface area contributed by atoms with Crippen LogP contribution in [0.15, 0.2) is 54.2 Å². The van der Waals surface area contributed by atoms with E-state index in [1.165, 1.54) is 11.3 Å². The topological polar surface area (TPSA) is 49.6 Å². The highest BCUT2D eigenvalue weighted by Gasteiger charge is 2.09. The Labute approximate surface area is 137 Å². The maximum atomic E-state index is 9.40. The standard InChI is InChI=1S/C17H10ClN3S/c18-15-3-1-2-12(9-15)8-14(10-19)17-21-16(11-22-17)13-4-6-20-7-5-13/h1-9,11H/b14-8-. The second kappa shape index (κ2) is 6.52.